The summed E-state index contributed by atoms with van der Waals surface area (Å²) in [5.41, 5.74) is 0. The first-order chi connectivity index (χ1) is 9.95. The Bertz CT molecular complexity index is 421. The second-order valence-electron chi connectivity index (χ2n) is 6.48. The fraction of sp³-hybridized carbons (Fsp3) is 1.00. The van der Waals surface area contributed by atoms with Gasteiger partial charge in [-0.05, 0) is 58.8 Å². The molecule has 0 aromatic rings. The molecule has 2 heterocycles. The highest BCUT2D eigenvalue weighted by molar-refractivity contribution is 7.86. The van der Waals surface area contributed by atoms with Gasteiger partial charge in [0.15, 0.2) is 0 Å². The molecule has 0 spiro atoms. The summed E-state index contributed by atoms with van der Waals surface area (Å²) in [6.07, 6.45) is 3.96. The summed E-state index contributed by atoms with van der Waals surface area (Å²) in [5, 5.41) is 3.19. The van der Waals surface area contributed by atoms with Crippen LogP contribution in [-0.4, -0.2) is 81.8 Å². The van der Waals surface area contributed by atoms with E-state index in [9.17, 15) is 8.42 Å². The minimum atomic E-state index is -3.30. The number of piperidine rings is 2. The molecule has 6 nitrogen and oxygen atoms in total. The summed E-state index contributed by atoms with van der Waals surface area (Å²) in [5.74, 6) is 0.604. The quantitative estimate of drug-likeness (QED) is 0.786. The Labute approximate surface area is 129 Å². The van der Waals surface area contributed by atoms with Gasteiger partial charge in [-0.2, -0.15) is 17.0 Å². The van der Waals surface area contributed by atoms with Crippen molar-refractivity contribution in [3.8, 4) is 0 Å². The largest absolute Gasteiger partial charge is 0.319 e. The number of hydrogen-bond acceptors (Lipinski definition) is 4. The van der Waals surface area contributed by atoms with Crippen LogP contribution in [-0.2, 0) is 10.2 Å². The van der Waals surface area contributed by atoms with Gasteiger partial charge in [-0.3, -0.25) is 0 Å². The van der Waals surface area contributed by atoms with E-state index in [1.54, 1.807) is 15.7 Å². The molecule has 2 saturated heterocycles. The van der Waals surface area contributed by atoms with Crippen LogP contribution in [0.5, 0.6) is 0 Å². The lowest BCUT2D eigenvalue weighted by molar-refractivity contribution is 0.175. The van der Waals surface area contributed by atoms with Gasteiger partial charge in [0.1, 0.15) is 0 Å². The summed E-state index contributed by atoms with van der Waals surface area (Å²) in [6, 6.07) is 0.115. The predicted molar refractivity (Wildman–Crippen MR) is 85.4 cm³/mol. The van der Waals surface area contributed by atoms with Crippen LogP contribution in [0.3, 0.4) is 0 Å². The fourth-order valence-electron chi connectivity index (χ4n) is 3.44. The zero-order valence-electron chi connectivity index (χ0n) is 13.6. The Morgan fingerprint density at radius 3 is 2.43 bits per heavy atom. The normalized spacial score (nSPS) is 27.3. The van der Waals surface area contributed by atoms with Gasteiger partial charge in [-0.15, -0.1) is 0 Å². The van der Waals surface area contributed by atoms with E-state index in [0.29, 0.717) is 19.0 Å². The Morgan fingerprint density at radius 1 is 1.19 bits per heavy atom. The van der Waals surface area contributed by atoms with Gasteiger partial charge in [-0.25, -0.2) is 0 Å². The molecule has 2 aliphatic heterocycles. The molecule has 0 bridgehead atoms. The van der Waals surface area contributed by atoms with Crippen molar-refractivity contribution in [2.45, 2.75) is 31.7 Å². The monoisotopic (exact) mass is 318 g/mol. The molecule has 1 N–H and O–H groups in total. The first kappa shape index (κ1) is 17.1. The Balaban J connectivity index is 1.94. The molecule has 0 amide bonds. The van der Waals surface area contributed by atoms with E-state index in [1.165, 1.54) is 0 Å². The van der Waals surface area contributed by atoms with Gasteiger partial charge in [0.05, 0.1) is 0 Å². The van der Waals surface area contributed by atoms with Crippen LogP contribution < -0.4 is 5.32 Å². The Morgan fingerprint density at radius 2 is 1.86 bits per heavy atom. The minimum Gasteiger partial charge on any atom is -0.319 e. The molecule has 0 aromatic heterocycles. The van der Waals surface area contributed by atoms with Crippen molar-refractivity contribution in [3.05, 3.63) is 0 Å². The van der Waals surface area contributed by atoms with Crippen molar-refractivity contribution >= 4 is 10.2 Å². The molecule has 21 heavy (non-hydrogen) atoms. The summed E-state index contributed by atoms with van der Waals surface area (Å²) in [4.78, 5) is 2.22. The zero-order chi connectivity index (χ0) is 15.5. The predicted octanol–water partition coefficient (Wildman–Crippen LogP) is 0.189. The Kier molecular flexibility index (Phi) is 6.02. The second kappa shape index (κ2) is 7.37. The molecule has 0 aliphatic carbocycles. The molecule has 0 saturated carbocycles. The van der Waals surface area contributed by atoms with Crippen LogP contribution in [0.2, 0.25) is 0 Å². The average molecular weight is 318 g/mol. The maximum atomic E-state index is 12.8. The first-order valence-electron chi connectivity index (χ1n) is 8.01. The molecule has 2 aliphatic rings. The van der Waals surface area contributed by atoms with E-state index in [4.69, 9.17) is 0 Å². The maximum absolute atomic E-state index is 12.8. The molecule has 1 unspecified atom stereocenters. The lowest BCUT2D eigenvalue weighted by Crippen LogP contribution is -2.53. The summed E-state index contributed by atoms with van der Waals surface area (Å²) < 4.78 is 28.8. The lowest BCUT2D eigenvalue weighted by atomic mass is 9.98. The van der Waals surface area contributed by atoms with Crippen LogP contribution in [0.1, 0.15) is 25.7 Å². The number of hydrogen-bond donors (Lipinski definition) is 1. The molecule has 0 aromatic carbocycles. The molecular formula is C14H30N4O2S. The third-order valence-corrected chi connectivity index (χ3v) is 6.91. The van der Waals surface area contributed by atoms with Crippen LogP contribution in [0, 0.1) is 5.92 Å². The number of likely N-dealkylation sites (tertiary alicyclic amines) is 1. The maximum Gasteiger partial charge on any atom is 0.282 e. The van der Waals surface area contributed by atoms with Gasteiger partial charge in [0, 0.05) is 32.7 Å². The van der Waals surface area contributed by atoms with Crippen LogP contribution in [0.25, 0.3) is 0 Å². The zero-order valence-corrected chi connectivity index (χ0v) is 14.4. The lowest BCUT2D eigenvalue weighted by Gasteiger charge is -2.39. The molecule has 2 fully saturated rings. The van der Waals surface area contributed by atoms with Crippen molar-refractivity contribution in [1.82, 2.24) is 18.8 Å². The highest BCUT2D eigenvalue weighted by Gasteiger charge is 2.35. The third-order valence-electron chi connectivity index (χ3n) is 4.87. The fourth-order valence-corrected chi connectivity index (χ4v) is 5.02. The van der Waals surface area contributed by atoms with E-state index in [-0.39, 0.29) is 6.04 Å². The standard InChI is InChI=1S/C14H30N4O2S/c1-15-11-13-6-9-18(10-7-13)21(19,20)17(3)14-5-4-8-16(2)12-14/h13-15H,4-12H2,1-3H3. The summed E-state index contributed by atoms with van der Waals surface area (Å²) >= 11 is 0. The van der Waals surface area contributed by atoms with E-state index < -0.39 is 10.2 Å². The smallest absolute Gasteiger partial charge is 0.282 e. The van der Waals surface area contributed by atoms with Crippen molar-refractivity contribution in [2.75, 3.05) is 53.9 Å². The van der Waals surface area contributed by atoms with E-state index in [0.717, 1.165) is 45.3 Å². The molecular weight excluding hydrogens is 288 g/mol. The topological polar surface area (TPSA) is 55.9 Å². The van der Waals surface area contributed by atoms with Crippen molar-refractivity contribution in [2.24, 2.45) is 5.92 Å². The van der Waals surface area contributed by atoms with Crippen molar-refractivity contribution in [1.29, 1.82) is 0 Å². The van der Waals surface area contributed by atoms with Gasteiger partial charge in [0.25, 0.3) is 10.2 Å². The number of nitrogens with zero attached hydrogens (tertiary/aromatic N) is 3. The highest BCUT2D eigenvalue weighted by atomic mass is 32.2. The summed E-state index contributed by atoms with van der Waals surface area (Å²) in [7, 11) is 2.47. The van der Waals surface area contributed by atoms with E-state index in [1.807, 2.05) is 7.05 Å². The van der Waals surface area contributed by atoms with E-state index >= 15 is 0 Å². The van der Waals surface area contributed by atoms with E-state index in [2.05, 4.69) is 17.3 Å². The van der Waals surface area contributed by atoms with Crippen LogP contribution in [0.4, 0.5) is 0 Å². The number of nitrogens with one attached hydrogen (secondary N) is 1. The van der Waals surface area contributed by atoms with Gasteiger partial charge in [0.2, 0.25) is 0 Å². The minimum absolute atomic E-state index is 0.115. The van der Waals surface area contributed by atoms with Crippen LogP contribution in [0.15, 0.2) is 0 Å². The molecule has 7 heteroatoms. The van der Waals surface area contributed by atoms with Crippen LogP contribution >= 0.6 is 0 Å². The molecule has 2 rings (SSSR count). The molecule has 0 radical (unpaired) electrons. The van der Waals surface area contributed by atoms with Gasteiger partial charge >= 0.3 is 0 Å². The van der Waals surface area contributed by atoms with Gasteiger partial charge in [-0.1, -0.05) is 0 Å². The highest BCUT2D eigenvalue weighted by Crippen LogP contribution is 2.23. The molecule has 124 valence electrons. The Hall–Kier alpha value is -0.210. The third kappa shape index (κ3) is 4.16. The van der Waals surface area contributed by atoms with Crippen molar-refractivity contribution in [3.63, 3.8) is 0 Å². The molecule has 1 atom stereocenters. The second-order valence-corrected chi connectivity index (χ2v) is 8.47. The number of likely N-dealkylation sites (N-methyl/N-ethyl adjacent to an activating group) is 2. The SMILES string of the molecule is CNCC1CCN(S(=O)(=O)N(C)C2CCCN(C)C2)CC1. The first-order valence-corrected chi connectivity index (χ1v) is 9.41. The van der Waals surface area contributed by atoms with Crippen molar-refractivity contribution < 1.29 is 8.42 Å². The number of rotatable bonds is 5. The average Bonchev–Trinajstić information content (AvgIpc) is 2.47. The summed E-state index contributed by atoms with van der Waals surface area (Å²) in [6.45, 7) is 4.20. The van der Waals surface area contributed by atoms with Gasteiger partial charge < -0.3 is 10.2 Å².